The van der Waals surface area contributed by atoms with Gasteiger partial charge in [0.25, 0.3) is 5.92 Å². The number of anilines is 1. The summed E-state index contributed by atoms with van der Waals surface area (Å²) in [5, 5.41) is 3.26. The monoisotopic (exact) mass is 404 g/mol. The molecule has 3 saturated heterocycles. The van der Waals surface area contributed by atoms with Crippen LogP contribution in [0.2, 0.25) is 0 Å². The Morgan fingerprint density at radius 3 is 2.66 bits per heavy atom. The maximum absolute atomic E-state index is 13.4. The van der Waals surface area contributed by atoms with Crippen LogP contribution in [0, 0.1) is 0 Å². The molecule has 1 amide bonds. The summed E-state index contributed by atoms with van der Waals surface area (Å²) in [6.07, 6.45) is 0.462. The van der Waals surface area contributed by atoms with Gasteiger partial charge in [0, 0.05) is 51.7 Å². The fourth-order valence-corrected chi connectivity index (χ4v) is 4.72. The number of imidazole rings is 1. The third kappa shape index (κ3) is 3.69. The lowest BCUT2D eigenvalue weighted by molar-refractivity contribution is -0.133. The molecule has 0 bridgehead atoms. The number of piperazine rings is 1. The molecule has 7 nitrogen and oxygen atoms in total. The molecule has 3 fully saturated rings. The quantitative estimate of drug-likeness (QED) is 0.807. The van der Waals surface area contributed by atoms with Crippen LogP contribution in [0.4, 0.5) is 14.7 Å². The van der Waals surface area contributed by atoms with E-state index in [9.17, 15) is 13.6 Å². The molecular formula is C20H26F2N6O. The van der Waals surface area contributed by atoms with Crippen LogP contribution in [0.25, 0.3) is 11.0 Å². The van der Waals surface area contributed by atoms with Gasteiger partial charge in [0.15, 0.2) is 0 Å². The van der Waals surface area contributed by atoms with E-state index < -0.39 is 12.5 Å². The van der Waals surface area contributed by atoms with Crippen LogP contribution < -0.4 is 10.2 Å². The fourth-order valence-electron chi connectivity index (χ4n) is 4.72. The molecule has 3 aliphatic rings. The number of para-hydroxylation sites is 2. The topological polar surface area (TPSA) is 67.5 Å². The molecule has 5 rings (SSSR count). The second kappa shape index (κ2) is 7.21. The summed E-state index contributed by atoms with van der Waals surface area (Å²) >= 11 is 0. The van der Waals surface area contributed by atoms with Gasteiger partial charge in [-0.3, -0.25) is 9.69 Å². The van der Waals surface area contributed by atoms with Crippen molar-refractivity contribution in [2.75, 3.05) is 50.7 Å². The van der Waals surface area contributed by atoms with Gasteiger partial charge in [-0.1, -0.05) is 12.1 Å². The van der Waals surface area contributed by atoms with E-state index in [1.165, 1.54) is 4.90 Å². The number of nitrogens with zero attached hydrogens (tertiary/aromatic N) is 4. The Bertz CT molecular complexity index is 861. The predicted molar refractivity (Wildman–Crippen MR) is 106 cm³/mol. The van der Waals surface area contributed by atoms with Gasteiger partial charge in [0.1, 0.15) is 0 Å². The lowest BCUT2D eigenvalue weighted by Crippen LogP contribution is -2.51. The third-order valence-electron chi connectivity index (χ3n) is 6.39. The zero-order valence-electron chi connectivity index (χ0n) is 16.3. The molecule has 0 aliphatic carbocycles. The number of carbonyl (C=O) groups excluding carboxylic acids is 1. The highest BCUT2D eigenvalue weighted by molar-refractivity contribution is 5.82. The van der Waals surface area contributed by atoms with Gasteiger partial charge in [-0.25, -0.2) is 13.8 Å². The number of amides is 1. The molecule has 9 heteroatoms. The van der Waals surface area contributed by atoms with E-state index in [-0.39, 0.29) is 31.0 Å². The van der Waals surface area contributed by atoms with Crippen LogP contribution >= 0.6 is 0 Å². The van der Waals surface area contributed by atoms with Crippen molar-refractivity contribution >= 4 is 22.9 Å². The molecule has 1 aromatic carbocycles. The Kier molecular flexibility index (Phi) is 4.66. The molecule has 0 radical (unpaired) electrons. The maximum Gasteiger partial charge on any atom is 0.267 e. The summed E-state index contributed by atoms with van der Waals surface area (Å²) in [5.41, 5.74) is 2.01. The van der Waals surface area contributed by atoms with Gasteiger partial charge in [0.2, 0.25) is 11.9 Å². The van der Waals surface area contributed by atoms with Gasteiger partial charge in [-0.15, -0.1) is 0 Å². The minimum Gasteiger partial charge on any atom is -0.340 e. The maximum atomic E-state index is 13.4. The number of nitrogens with one attached hydrogen (secondary N) is 2. The molecule has 4 heterocycles. The van der Waals surface area contributed by atoms with Gasteiger partial charge < -0.3 is 20.1 Å². The first-order chi connectivity index (χ1) is 14.0. The Hall–Kier alpha value is -2.26. The second-order valence-corrected chi connectivity index (χ2v) is 8.32. The van der Waals surface area contributed by atoms with E-state index in [1.54, 1.807) is 0 Å². The molecule has 0 saturated carbocycles. The minimum atomic E-state index is -2.74. The highest BCUT2D eigenvalue weighted by Gasteiger charge is 2.43. The van der Waals surface area contributed by atoms with E-state index in [1.807, 2.05) is 24.3 Å². The molecule has 156 valence electrons. The number of hydrogen-bond acceptors (Lipinski definition) is 5. The number of aromatic amines is 1. The summed E-state index contributed by atoms with van der Waals surface area (Å²) in [4.78, 5) is 26.6. The predicted octanol–water partition coefficient (Wildman–Crippen LogP) is 1.28. The minimum absolute atomic E-state index is 0.158. The highest BCUT2D eigenvalue weighted by Crippen LogP contribution is 2.28. The summed E-state index contributed by atoms with van der Waals surface area (Å²) in [7, 11) is 0. The van der Waals surface area contributed by atoms with Crippen molar-refractivity contribution in [2.24, 2.45) is 0 Å². The number of halogens is 2. The number of fused-ring (bicyclic) bond motifs is 1. The van der Waals surface area contributed by atoms with Crippen LogP contribution in [0.1, 0.15) is 12.8 Å². The molecule has 0 spiro atoms. The molecule has 2 aromatic rings. The number of H-pyrrole nitrogens is 1. The van der Waals surface area contributed by atoms with Gasteiger partial charge in [-0.2, -0.15) is 0 Å². The van der Waals surface area contributed by atoms with Crippen LogP contribution in [0.5, 0.6) is 0 Å². The third-order valence-corrected chi connectivity index (χ3v) is 6.39. The van der Waals surface area contributed by atoms with E-state index >= 15 is 0 Å². The average Bonchev–Trinajstić information content (AvgIpc) is 3.45. The normalized spacial score (nSPS) is 27.8. The van der Waals surface area contributed by atoms with E-state index in [0.717, 1.165) is 49.7 Å². The lowest BCUT2D eigenvalue weighted by atomic mass is 10.1. The fraction of sp³-hybridized carbons (Fsp3) is 0.600. The Balaban J connectivity index is 1.15. The largest absolute Gasteiger partial charge is 0.340 e. The number of alkyl halides is 2. The molecule has 0 unspecified atom stereocenters. The van der Waals surface area contributed by atoms with Crippen LogP contribution in [-0.2, 0) is 4.79 Å². The second-order valence-electron chi connectivity index (χ2n) is 8.32. The first-order valence-electron chi connectivity index (χ1n) is 10.3. The Labute approximate surface area is 168 Å². The van der Waals surface area contributed by atoms with Crippen molar-refractivity contribution in [3.8, 4) is 0 Å². The average molecular weight is 404 g/mol. The number of hydrogen-bond donors (Lipinski definition) is 2. The van der Waals surface area contributed by atoms with Crippen LogP contribution in [0.3, 0.4) is 0 Å². The number of benzene rings is 1. The first kappa shape index (κ1) is 18.7. The summed E-state index contributed by atoms with van der Waals surface area (Å²) in [6.45, 7) is 3.97. The van der Waals surface area contributed by atoms with Crippen molar-refractivity contribution in [3.63, 3.8) is 0 Å². The van der Waals surface area contributed by atoms with Crippen molar-refractivity contribution < 1.29 is 13.6 Å². The summed E-state index contributed by atoms with van der Waals surface area (Å²) in [6, 6.07) is 7.94. The number of rotatable bonds is 3. The molecule has 2 N–H and O–H groups in total. The summed E-state index contributed by atoms with van der Waals surface area (Å²) in [5.74, 6) is -2.01. The van der Waals surface area contributed by atoms with Crippen molar-refractivity contribution in [1.29, 1.82) is 0 Å². The van der Waals surface area contributed by atoms with Crippen LogP contribution in [-0.4, -0.2) is 89.5 Å². The molecule has 3 aliphatic heterocycles. The van der Waals surface area contributed by atoms with Crippen molar-refractivity contribution in [1.82, 2.24) is 25.1 Å². The van der Waals surface area contributed by atoms with E-state index in [0.29, 0.717) is 6.42 Å². The molecule has 1 aromatic heterocycles. The van der Waals surface area contributed by atoms with Gasteiger partial charge in [-0.05, 0) is 18.6 Å². The molecular weight excluding hydrogens is 378 g/mol. The SMILES string of the molecule is O=C([C@@H]1C[C@H](N2CCN(c3nc4ccccc4[nH]3)CC2)CN1)N1CCC(F)(F)C1. The number of aromatic nitrogens is 2. The standard InChI is InChI=1S/C20H26F2N6O/c21-20(22)5-6-28(13-20)18(29)17-11-14(12-23-17)26-7-9-27(10-8-26)19-24-15-3-1-2-4-16(15)25-19/h1-4,14,17,23H,5-13H2,(H,24,25)/t14-,17-/m0/s1. The van der Waals surface area contributed by atoms with Crippen molar-refractivity contribution in [2.45, 2.75) is 30.8 Å². The Morgan fingerprint density at radius 2 is 1.93 bits per heavy atom. The van der Waals surface area contributed by atoms with E-state index in [2.05, 4.69) is 25.1 Å². The smallest absolute Gasteiger partial charge is 0.267 e. The molecule has 2 atom stereocenters. The zero-order valence-corrected chi connectivity index (χ0v) is 16.3. The van der Waals surface area contributed by atoms with Crippen molar-refractivity contribution in [3.05, 3.63) is 24.3 Å². The van der Waals surface area contributed by atoms with Gasteiger partial charge >= 0.3 is 0 Å². The summed E-state index contributed by atoms with van der Waals surface area (Å²) < 4.78 is 26.8. The zero-order chi connectivity index (χ0) is 20.0. The van der Waals surface area contributed by atoms with Gasteiger partial charge in [0.05, 0.1) is 23.6 Å². The number of likely N-dealkylation sites (tertiary alicyclic amines) is 1. The van der Waals surface area contributed by atoms with E-state index in [4.69, 9.17) is 0 Å². The lowest BCUT2D eigenvalue weighted by Gasteiger charge is -2.37. The van der Waals surface area contributed by atoms with Crippen LogP contribution in [0.15, 0.2) is 24.3 Å². The highest BCUT2D eigenvalue weighted by atomic mass is 19.3. The molecule has 29 heavy (non-hydrogen) atoms. The Morgan fingerprint density at radius 1 is 1.14 bits per heavy atom. The number of carbonyl (C=O) groups is 1. The first-order valence-corrected chi connectivity index (χ1v) is 10.3.